The van der Waals surface area contributed by atoms with Crippen molar-refractivity contribution < 1.29 is 30.9 Å². The number of para-hydroxylation sites is 1. The van der Waals surface area contributed by atoms with Gasteiger partial charge in [0.1, 0.15) is 17.1 Å². The summed E-state index contributed by atoms with van der Waals surface area (Å²) in [5.41, 5.74) is 8.45. The van der Waals surface area contributed by atoms with Crippen LogP contribution in [-0.4, -0.2) is 19.6 Å². The molecule has 0 radical (unpaired) electrons. The van der Waals surface area contributed by atoms with Gasteiger partial charge in [0.15, 0.2) is 0 Å². The van der Waals surface area contributed by atoms with Gasteiger partial charge in [-0.15, -0.1) is 17.5 Å². The second-order valence-corrected chi connectivity index (χ2v) is 11.9. The van der Waals surface area contributed by atoms with E-state index in [2.05, 4.69) is 71.3 Å². The molecular formula is C44H28N3O2Pt-. The van der Waals surface area contributed by atoms with Crippen molar-refractivity contribution in [3.05, 3.63) is 170 Å². The Kier molecular flexibility index (Phi) is 8.20. The molecule has 0 saturated heterocycles. The van der Waals surface area contributed by atoms with E-state index >= 15 is 0 Å². The Labute approximate surface area is 303 Å². The number of hydrogen-bond donors (Lipinski definition) is 1. The minimum atomic E-state index is 0. The number of pyridine rings is 2. The number of phenols is 1. The Balaban J connectivity index is 0.00000361. The van der Waals surface area contributed by atoms with Gasteiger partial charge < -0.3 is 14.4 Å². The number of fused-ring (bicyclic) bond motifs is 4. The molecular weight excluding hydrogens is 798 g/mol. The van der Waals surface area contributed by atoms with Gasteiger partial charge in [0.25, 0.3) is 0 Å². The molecule has 0 amide bonds. The maximum Gasteiger partial charge on any atom is 0.217 e. The van der Waals surface area contributed by atoms with Gasteiger partial charge >= 0.3 is 0 Å². The fourth-order valence-electron chi connectivity index (χ4n) is 6.70. The summed E-state index contributed by atoms with van der Waals surface area (Å²) in [6.45, 7) is 0. The molecule has 0 saturated carbocycles. The summed E-state index contributed by atoms with van der Waals surface area (Å²) in [7, 11) is 0. The van der Waals surface area contributed by atoms with Crippen LogP contribution in [-0.2, 0) is 21.1 Å². The molecule has 1 N–H and O–H groups in total. The molecule has 0 aliphatic rings. The van der Waals surface area contributed by atoms with Gasteiger partial charge in [-0.05, 0) is 69.1 Å². The van der Waals surface area contributed by atoms with E-state index in [-0.39, 0.29) is 26.8 Å². The molecule has 0 aliphatic heterocycles. The van der Waals surface area contributed by atoms with Crippen LogP contribution in [0.3, 0.4) is 0 Å². The third kappa shape index (κ3) is 5.52. The monoisotopic (exact) mass is 825 g/mol. The van der Waals surface area contributed by atoms with Crippen LogP contribution in [0.25, 0.3) is 71.9 Å². The molecule has 0 aliphatic carbocycles. The van der Waals surface area contributed by atoms with Crippen LogP contribution in [0.4, 0.5) is 0 Å². The zero-order valence-corrected chi connectivity index (χ0v) is 28.9. The van der Waals surface area contributed by atoms with Crippen LogP contribution in [0.15, 0.2) is 164 Å². The van der Waals surface area contributed by atoms with Gasteiger partial charge in [0, 0.05) is 50.0 Å². The second kappa shape index (κ2) is 13.1. The number of ether oxygens (including phenoxy) is 1. The number of rotatable bonds is 6. The van der Waals surface area contributed by atoms with Crippen LogP contribution in [0, 0.1) is 6.07 Å². The summed E-state index contributed by atoms with van der Waals surface area (Å²) in [5, 5.41) is 14.1. The van der Waals surface area contributed by atoms with Gasteiger partial charge in [-0.1, -0.05) is 115 Å². The SMILES string of the molecule is Oc1ccc(-c2ccccc2)c2c(-c3ccccc3)cc(Oc3[c-]c4c(cc3)c3ccccc3n4-c3cc(-c4ccccc4)ccn3)nc12.[Pt]. The Morgan fingerprint density at radius 2 is 1.24 bits per heavy atom. The number of benzene rings is 6. The van der Waals surface area contributed by atoms with E-state index < -0.39 is 0 Å². The minimum Gasteiger partial charge on any atom is -0.506 e. The van der Waals surface area contributed by atoms with E-state index in [4.69, 9.17) is 14.7 Å². The maximum atomic E-state index is 11.2. The van der Waals surface area contributed by atoms with E-state index in [0.717, 1.165) is 66.4 Å². The van der Waals surface area contributed by atoms with Crippen LogP contribution in [0.1, 0.15) is 0 Å². The van der Waals surface area contributed by atoms with Crippen molar-refractivity contribution in [2.45, 2.75) is 0 Å². The Bertz CT molecular complexity index is 2640. The summed E-state index contributed by atoms with van der Waals surface area (Å²) in [4.78, 5) is 9.69. The summed E-state index contributed by atoms with van der Waals surface area (Å²) >= 11 is 0. The summed E-state index contributed by atoms with van der Waals surface area (Å²) < 4.78 is 8.66. The normalized spacial score (nSPS) is 11.1. The predicted octanol–water partition coefficient (Wildman–Crippen LogP) is 11.0. The van der Waals surface area contributed by atoms with Crippen molar-refractivity contribution in [2.24, 2.45) is 0 Å². The average molecular weight is 826 g/mol. The topological polar surface area (TPSA) is 60.2 Å². The molecule has 5 nitrogen and oxygen atoms in total. The molecule has 3 aromatic heterocycles. The Morgan fingerprint density at radius 1 is 0.580 bits per heavy atom. The van der Waals surface area contributed by atoms with Gasteiger partial charge in [0.2, 0.25) is 5.88 Å². The predicted molar refractivity (Wildman–Crippen MR) is 197 cm³/mol. The van der Waals surface area contributed by atoms with Gasteiger partial charge in [-0.25, -0.2) is 9.97 Å². The molecule has 242 valence electrons. The third-order valence-electron chi connectivity index (χ3n) is 8.94. The molecule has 0 spiro atoms. The Morgan fingerprint density at radius 3 is 1.98 bits per heavy atom. The molecule has 6 heteroatoms. The first-order chi connectivity index (χ1) is 24.2. The molecule has 9 rings (SSSR count). The van der Waals surface area contributed by atoms with Crippen LogP contribution in [0.5, 0.6) is 17.4 Å². The van der Waals surface area contributed by atoms with E-state index in [1.807, 2.05) is 97.2 Å². The van der Waals surface area contributed by atoms with Crippen molar-refractivity contribution in [2.75, 3.05) is 0 Å². The third-order valence-corrected chi connectivity index (χ3v) is 8.94. The van der Waals surface area contributed by atoms with Gasteiger partial charge in [0.05, 0.1) is 0 Å². The zero-order chi connectivity index (χ0) is 32.7. The largest absolute Gasteiger partial charge is 0.506 e. The number of aromatic hydroxyl groups is 1. The first kappa shape index (κ1) is 31.2. The quantitative estimate of drug-likeness (QED) is 0.170. The number of phenolic OH excluding ortho intramolecular Hbond substituents is 1. The van der Waals surface area contributed by atoms with Gasteiger partial charge in [-0.3, -0.25) is 0 Å². The standard InChI is InChI=1S/C44H28N3O2.Pt/c48-40-23-22-34(30-14-6-2-7-15-30)43-37(31-16-8-3-9-17-31)28-42(46-44(40)43)49-33-20-21-36-35-18-10-11-19-38(35)47(39(36)27-33)41-26-32(24-25-45-41)29-12-4-1-5-13-29;/h1-26,28,48H;/q-1;. The first-order valence-corrected chi connectivity index (χ1v) is 16.1. The molecule has 6 aromatic carbocycles. The average Bonchev–Trinajstić information content (AvgIpc) is 3.49. The fourth-order valence-corrected chi connectivity index (χ4v) is 6.70. The van der Waals surface area contributed by atoms with Crippen LogP contribution < -0.4 is 4.74 Å². The summed E-state index contributed by atoms with van der Waals surface area (Å²) in [6, 6.07) is 56.2. The minimum absolute atomic E-state index is 0. The molecule has 50 heavy (non-hydrogen) atoms. The van der Waals surface area contributed by atoms with Crippen molar-refractivity contribution >= 4 is 32.7 Å². The molecule has 0 fully saturated rings. The van der Waals surface area contributed by atoms with E-state index in [0.29, 0.717) is 17.1 Å². The summed E-state index contributed by atoms with van der Waals surface area (Å²) in [5.74, 6) is 1.73. The maximum absolute atomic E-state index is 11.2. The Hall–Kier alpha value is -6.03. The van der Waals surface area contributed by atoms with Crippen molar-refractivity contribution in [1.82, 2.24) is 14.5 Å². The van der Waals surface area contributed by atoms with E-state index in [1.54, 1.807) is 6.07 Å². The molecule has 0 atom stereocenters. The van der Waals surface area contributed by atoms with Gasteiger partial charge in [-0.2, -0.15) is 6.07 Å². The smallest absolute Gasteiger partial charge is 0.217 e. The molecule has 0 bridgehead atoms. The van der Waals surface area contributed by atoms with Crippen molar-refractivity contribution in [1.29, 1.82) is 0 Å². The number of nitrogens with zero attached hydrogens (tertiary/aromatic N) is 3. The molecule has 3 heterocycles. The number of hydrogen-bond acceptors (Lipinski definition) is 4. The van der Waals surface area contributed by atoms with E-state index in [1.165, 1.54) is 0 Å². The van der Waals surface area contributed by atoms with E-state index in [9.17, 15) is 5.11 Å². The fraction of sp³-hybridized carbons (Fsp3) is 0. The summed E-state index contributed by atoms with van der Waals surface area (Å²) in [6.07, 6.45) is 1.85. The van der Waals surface area contributed by atoms with Crippen LogP contribution in [0.2, 0.25) is 0 Å². The second-order valence-electron chi connectivity index (χ2n) is 11.9. The zero-order valence-electron chi connectivity index (χ0n) is 26.6. The first-order valence-electron chi connectivity index (χ1n) is 16.1. The van der Waals surface area contributed by atoms with Crippen molar-refractivity contribution in [3.63, 3.8) is 0 Å². The van der Waals surface area contributed by atoms with Crippen LogP contribution >= 0.6 is 0 Å². The molecule has 0 unspecified atom stereocenters. The van der Waals surface area contributed by atoms with Crippen molar-refractivity contribution in [3.8, 4) is 56.6 Å². The molecule has 9 aromatic rings. The number of aromatic nitrogens is 3.